The third kappa shape index (κ3) is 4.33. The number of pyridine rings is 2. The van der Waals surface area contributed by atoms with Crippen LogP contribution in [0.25, 0.3) is 16.9 Å². The van der Waals surface area contributed by atoms with Crippen LogP contribution in [-0.2, 0) is 4.74 Å². The minimum Gasteiger partial charge on any atom is -0.379 e. The van der Waals surface area contributed by atoms with Crippen LogP contribution in [0.5, 0.6) is 0 Å². The number of alkyl halides is 2. The molecule has 3 aromatic heterocycles. The maximum atomic E-state index is 13.1. The van der Waals surface area contributed by atoms with E-state index in [1.807, 2.05) is 6.92 Å². The summed E-state index contributed by atoms with van der Waals surface area (Å²) >= 11 is 0. The summed E-state index contributed by atoms with van der Waals surface area (Å²) in [7, 11) is 0. The largest absolute Gasteiger partial charge is 0.379 e. The summed E-state index contributed by atoms with van der Waals surface area (Å²) in [5.74, 6) is -0.456. The zero-order valence-corrected chi connectivity index (χ0v) is 16.5. The molecule has 3 aromatic rings. The normalized spacial score (nSPS) is 18.3. The van der Waals surface area contributed by atoms with E-state index >= 15 is 0 Å². The highest BCUT2D eigenvalue weighted by Gasteiger charge is 2.28. The summed E-state index contributed by atoms with van der Waals surface area (Å²) in [5.41, 5.74) is -0.161. The van der Waals surface area contributed by atoms with Gasteiger partial charge in [0.25, 0.3) is 17.9 Å². The van der Waals surface area contributed by atoms with Gasteiger partial charge in [-0.15, -0.1) is 0 Å². The van der Waals surface area contributed by atoms with Crippen LogP contribution in [0.2, 0.25) is 0 Å². The Labute approximate surface area is 175 Å². The van der Waals surface area contributed by atoms with Gasteiger partial charge in [-0.05, 0) is 30.3 Å². The number of aromatic nitrogens is 4. The highest BCUT2D eigenvalue weighted by molar-refractivity contribution is 5.95. The van der Waals surface area contributed by atoms with Crippen molar-refractivity contribution in [3.8, 4) is 16.9 Å². The smallest absolute Gasteiger partial charge is 0.284 e. The fraction of sp³-hybridized carbons (Fsp3) is 0.286. The van der Waals surface area contributed by atoms with Gasteiger partial charge in [0.2, 0.25) is 0 Å². The summed E-state index contributed by atoms with van der Waals surface area (Å²) < 4.78 is 32.1. The van der Waals surface area contributed by atoms with Gasteiger partial charge in [0.05, 0.1) is 36.8 Å². The van der Waals surface area contributed by atoms with Gasteiger partial charge in [0.1, 0.15) is 11.3 Å². The lowest BCUT2D eigenvalue weighted by molar-refractivity contribution is 0.0924. The van der Waals surface area contributed by atoms with Gasteiger partial charge >= 0.3 is 0 Å². The van der Waals surface area contributed by atoms with Gasteiger partial charge < -0.3 is 10.1 Å². The molecule has 160 valence electrons. The number of ether oxygens (including phenoxy) is 1. The first-order valence-electron chi connectivity index (χ1n) is 9.62. The molecule has 8 nitrogen and oxygen atoms in total. The fourth-order valence-electron chi connectivity index (χ4n) is 3.23. The SMILES string of the molecule is C[C@@H]1COC[C@@H]1NC(=O)c1cc(-c2ccc(C(F)F)nc2)nn(-c2cccnc2)c1=O. The maximum absolute atomic E-state index is 13.1. The quantitative estimate of drug-likeness (QED) is 0.671. The van der Waals surface area contributed by atoms with Gasteiger partial charge in [0, 0.05) is 23.9 Å². The Kier molecular flexibility index (Phi) is 5.81. The maximum Gasteiger partial charge on any atom is 0.284 e. The second-order valence-electron chi connectivity index (χ2n) is 7.24. The second kappa shape index (κ2) is 8.68. The van der Waals surface area contributed by atoms with E-state index in [-0.39, 0.29) is 28.9 Å². The van der Waals surface area contributed by atoms with Gasteiger partial charge in [-0.1, -0.05) is 6.92 Å². The van der Waals surface area contributed by atoms with Crippen LogP contribution in [-0.4, -0.2) is 44.9 Å². The zero-order chi connectivity index (χ0) is 22.0. The molecular formula is C21H19F2N5O3. The minimum atomic E-state index is -2.71. The molecule has 1 aliphatic heterocycles. The number of carbonyl (C=O) groups excluding carboxylic acids is 1. The van der Waals surface area contributed by atoms with Gasteiger partial charge in [-0.25, -0.2) is 8.78 Å². The van der Waals surface area contributed by atoms with Crippen LogP contribution < -0.4 is 10.9 Å². The lowest BCUT2D eigenvalue weighted by Gasteiger charge is -2.16. The molecule has 0 saturated carbocycles. The number of rotatable bonds is 5. The number of halogens is 2. The molecular weight excluding hydrogens is 408 g/mol. The van der Waals surface area contributed by atoms with Crippen molar-refractivity contribution in [2.75, 3.05) is 13.2 Å². The third-order valence-corrected chi connectivity index (χ3v) is 5.03. The van der Waals surface area contributed by atoms with Crippen LogP contribution in [0.4, 0.5) is 8.78 Å². The predicted octanol–water partition coefficient (Wildman–Crippen LogP) is 2.39. The molecule has 4 rings (SSSR count). The summed E-state index contributed by atoms with van der Waals surface area (Å²) in [6.45, 7) is 2.83. The first-order chi connectivity index (χ1) is 14.9. The van der Waals surface area contributed by atoms with Crippen molar-refractivity contribution >= 4 is 5.91 Å². The molecule has 1 amide bonds. The molecule has 0 unspecified atom stereocenters. The highest BCUT2D eigenvalue weighted by Crippen LogP contribution is 2.21. The number of nitrogens with zero attached hydrogens (tertiary/aromatic N) is 4. The summed E-state index contributed by atoms with van der Waals surface area (Å²) in [6.07, 6.45) is 1.50. The van der Waals surface area contributed by atoms with Crippen molar-refractivity contribution in [1.82, 2.24) is 25.1 Å². The van der Waals surface area contributed by atoms with E-state index in [0.717, 1.165) is 4.68 Å². The van der Waals surface area contributed by atoms with Crippen LogP contribution in [0.3, 0.4) is 0 Å². The Hall–Kier alpha value is -3.53. The molecule has 1 N–H and O–H groups in total. The van der Waals surface area contributed by atoms with Gasteiger partial charge in [-0.3, -0.25) is 19.6 Å². The number of hydrogen-bond acceptors (Lipinski definition) is 6. The van der Waals surface area contributed by atoms with E-state index in [9.17, 15) is 18.4 Å². The van der Waals surface area contributed by atoms with Crippen LogP contribution in [0.15, 0.2) is 53.7 Å². The fourth-order valence-corrected chi connectivity index (χ4v) is 3.23. The van der Waals surface area contributed by atoms with Crippen molar-refractivity contribution < 1.29 is 18.3 Å². The minimum absolute atomic E-state index is 0.108. The topological polar surface area (TPSA) is 99.0 Å². The number of amides is 1. The van der Waals surface area contributed by atoms with E-state index in [4.69, 9.17) is 4.74 Å². The first-order valence-corrected chi connectivity index (χ1v) is 9.62. The Bertz CT molecular complexity index is 1140. The number of nitrogens with one attached hydrogen (secondary N) is 1. The second-order valence-corrected chi connectivity index (χ2v) is 7.24. The lowest BCUT2D eigenvalue weighted by atomic mass is 10.1. The molecule has 0 bridgehead atoms. The van der Waals surface area contributed by atoms with Crippen molar-refractivity contribution in [2.45, 2.75) is 19.4 Å². The molecule has 0 aromatic carbocycles. The molecule has 10 heteroatoms. The third-order valence-electron chi connectivity index (χ3n) is 5.03. The van der Waals surface area contributed by atoms with E-state index in [1.165, 1.54) is 30.6 Å². The van der Waals surface area contributed by atoms with Crippen LogP contribution in [0.1, 0.15) is 29.4 Å². The summed E-state index contributed by atoms with van der Waals surface area (Å²) in [5, 5.41) is 7.14. The highest BCUT2D eigenvalue weighted by atomic mass is 19.3. The Morgan fingerprint density at radius 3 is 2.71 bits per heavy atom. The molecule has 31 heavy (non-hydrogen) atoms. The van der Waals surface area contributed by atoms with Crippen LogP contribution >= 0.6 is 0 Å². The van der Waals surface area contributed by atoms with E-state index in [0.29, 0.717) is 24.5 Å². The van der Waals surface area contributed by atoms with E-state index < -0.39 is 17.9 Å². The Balaban J connectivity index is 1.79. The predicted molar refractivity (Wildman–Crippen MR) is 107 cm³/mol. The molecule has 1 fully saturated rings. The van der Waals surface area contributed by atoms with Gasteiger partial charge in [0.15, 0.2) is 0 Å². The van der Waals surface area contributed by atoms with E-state index in [2.05, 4.69) is 20.4 Å². The number of carbonyl (C=O) groups is 1. The summed E-state index contributed by atoms with van der Waals surface area (Å²) in [4.78, 5) is 33.7. The summed E-state index contributed by atoms with van der Waals surface area (Å²) in [6, 6.07) is 6.97. The lowest BCUT2D eigenvalue weighted by Crippen LogP contribution is -2.42. The Morgan fingerprint density at radius 2 is 2.10 bits per heavy atom. The molecule has 1 aliphatic rings. The van der Waals surface area contributed by atoms with Crippen LogP contribution in [0, 0.1) is 5.92 Å². The molecule has 0 radical (unpaired) electrons. The van der Waals surface area contributed by atoms with Crippen molar-refractivity contribution in [2.24, 2.45) is 5.92 Å². The van der Waals surface area contributed by atoms with Crippen molar-refractivity contribution in [3.63, 3.8) is 0 Å². The standard InChI is InChI=1S/C21H19F2N5O3/c1-12-10-31-11-18(12)26-20(29)15-7-17(13-4-5-16(19(22)23)25-8-13)27-28(21(15)30)14-3-2-6-24-9-14/h2-9,12,18-19H,10-11H2,1H3,(H,26,29)/t12-,18+/m1/s1. The molecule has 4 heterocycles. The average Bonchev–Trinajstić information content (AvgIpc) is 3.18. The molecule has 1 saturated heterocycles. The molecule has 0 aliphatic carbocycles. The molecule has 0 spiro atoms. The first kappa shape index (κ1) is 20.7. The molecule has 2 atom stereocenters. The Morgan fingerprint density at radius 1 is 1.26 bits per heavy atom. The van der Waals surface area contributed by atoms with Crippen molar-refractivity contribution in [3.05, 3.63) is 70.5 Å². The monoisotopic (exact) mass is 427 g/mol. The van der Waals surface area contributed by atoms with E-state index in [1.54, 1.807) is 18.3 Å². The van der Waals surface area contributed by atoms with Crippen molar-refractivity contribution in [1.29, 1.82) is 0 Å². The zero-order valence-electron chi connectivity index (χ0n) is 16.5. The number of hydrogen-bond donors (Lipinski definition) is 1. The van der Waals surface area contributed by atoms with Gasteiger partial charge in [-0.2, -0.15) is 9.78 Å². The average molecular weight is 427 g/mol.